The van der Waals surface area contributed by atoms with Gasteiger partial charge in [-0.05, 0) is 54.8 Å². The fraction of sp³-hybridized carbons (Fsp3) is 0.389. The Morgan fingerprint density at radius 1 is 1.28 bits per heavy atom. The Kier molecular flexibility index (Phi) is 5.06. The molecule has 0 unspecified atom stereocenters. The maximum atomic E-state index is 12.5. The Bertz CT molecular complexity index is 741. The van der Waals surface area contributed by atoms with E-state index in [1.807, 2.05) is 6.07 Å². The Morgan fingerprint density at radius 2 is 1.96 bits per heavy atom. The lowest BCUT2D eigenvalue weighted by atomic mass is 10.1. The third-order valence-electron chi connectivity index (χ3n) is 4.39. The lowest BCUT2D eigenvalue weighted by Gasteiger charge is -2.21. The highest BCUT2D eigenvalue weighted by molar-refractivity contribution is 7.17. The van der Waals surface area contributed by atoms with Crippen molar-refractivity contribution in [2.24, 2.45) is 5.41 Å². The number of nitrogens with zero attached hydrogens (tertiary/aromatic N) is 1. The molecule has 0 bridgehead atoms. The molecule has 0 spiro atoms. The minimum atomic E-state index is -2.85. The number of amides is 1. The van der Waals surface area contributed by atoms with Crippen molar-refractivity contribution in [2.45, 2.75) is 19.5 Å². The first kappa shape index (κ1) is 17.8. The van der Waals surface area contributed by atoms with Gasteiger partial charge in [-0.15, -0.1) is 11.3 Å². The van der Waals surface area contributed by atoms with Crippen molar-refractivity contribution in [3.8, 4) is 16.2 Å². The molecule has 1 aromatic carbocycles. The molecule has 134 valence electrons. The second kappa shape index (κ2) is 7.09. The Balaban J connectivity index is 1.68. The van der Waals surface area contributed by atoms with E-state index in [0.717, 1.165) is 23.3 Å². The lowest BCUT2D eigenvalue weighted by Crippen LogP contribution is -2.33. The molecule has 2 aromatic rings. The molecule has 0 saturated heterocycles. The zero-order valence-electron chi connectivity index (χ0n) is 13.7. The monoisotopic (exact) mass is 367 g/mol. The third-order valence-corrected chi connectivity index (χ3v) is 5.51. The molecule has 0 atom stereocenters. The predicted molar refractivity (Wildman–Crippen MR) is 92.1 cm³/mol. The summed E-state index contributed by atoms with van der Waals surface area (Å²) < 4.78 is 28.7. The maximum absolute atomic E-state index is 12.5. The van der Waals surface area contributed by atoms with Crippen LogP contribution in [0.25, 0.3) is 10.4 Å². The molecule has 1 N–H and O–H groups in total. The molecule has 3 rings (SSSR count). The van der Waals surface area contributed by atoms with Crippen molar-refractivity contribution in [1.82, 2.24) is 4.90 Å². The van der Waals surface area contributed by atoms with Gasteiger partial charge in [0.05, 0.1) is 11.5 Å². The highest BCUT2D eigenvalue weighted by Gasteiger charge is 2.43. The van der Waals surface area contributed by atoms with Crippen molar-refractivity contribution in [1.29, 1.82) is 0 Å². The molecule has 4 nitrogen and oxygen atoms in total. The van der Waals surface area contributed by atoms with Crippen LogP contribution in [-0.4, -0.2) is 42.7 Å². The third kappa shape index (κ3) is 4.16. The van der Waals surface area contributed by atoms with E-state index in [1.54, 1.807) is 30.1 Å². The lowest BCUT2D eigenvalue weighted by molar-refractivity contribution is -0.0498. The van der Waals surface area contributed by atoms with Gasteiger partial charge >= 0.3 is 6.61 Å². The van der Waals surface area contributed by atoms with Crippen LogP contribution < -0.4 is 4.74 Å². The highest BCUT2D eigenvalue weighted by Crippen LogP contribution is 2.45. The van der Waals surface area contributed by atoms with Crippen molar-refractivity contribution in [3.05, 3.63) is 41.3 Å². The standard InChI is InChI=1S/C18H19F2NO3S/c1-21(10-18(11-22)8-9-18)16(23)15-7-6-14(25-15)12-2-4-13(5-3-12)24-17(19)20/h2-7,17,22H,8-11H2,1H3. The Morgan fingerprint density at radius 3 is 2.52 bits per heavy atom. The Labute approximate surface area is 148 Å². The van der Waals surface area contributed by atoms with Crippen LogP contribution in [0.1, 0.15) is 22.5 Å². The van der Waals surface area contributed by atoms with E-state index in [-0.39, 0.29) is 23.7 Å². The number of aliphatic hydroxyl groups excluding tert-OH is 1. The molecule has 1 amide bonds. The second-order valence-electron chi connectivity index (χ2n) is 6.39. The largest absolute Gasteiger partial charge is 0.435 e. The number of hydrogen-bond acceptors (Lipinski definition) is 4. The molecule has 1 fully saturated rings. The van der Waals surface area contributed by atoms with Gasteiger partial charge in [0.15, 0.2) is 0 Å². The molecule has 7 heteroatoms. The van der Waals surface area contributed by atoms with Crippen molar-refractivity contribution in [3.63, 3.8) is 0 Å². The van der Waals surface area contributed by atoms with Gasteiger partial charge in [-0.3, -0.25) is 4.79 Å². The molecule has 25 heavy (non-hydrogen) atoms. The summed E-state index contributed by atoms with van der Waals surface area (Å²) in [6, 6.07) is 9.94. The number of rotatable bonds is 7. The number of carbonyl (C=O) groups is 1. The number of halogens is 2. The van der Waals surface area contributed by atoms with Crippen molar-refractivity contribution < 1.29 is 23.4 Å². The summed E-state index contributed by atoms with van der Waals surface area (Å²) in [7, 11) is 1.74. The zero-order valence-corrected chi connectivity index (χ0v) is 14.6. The van der Waals surface area contributed by atoms with Gasteiger partial charge in [0, 0.05) is 23.9 Å². The Hall–Kier alpha value is -1.99. The molecule has 1 aromatic heterocycles. The van der Waals surface area contributed by atoms with Crippen molar-refractivity contribution in [2.75, 3.05) is 20.2 Å². The molecule has 0 aliphatic heterocycles. The molecular weight excluding hydrogens is 348 g/mol. The van der Waals surface area contributed by atoms with Crippen LogP contribution in [0.4, 0.5) is 8.78 Å². The van der Waals surface area contributed by atoms with Gasteiger partial charge in [-0.25, -0.2) is 0 Å². The van der Waals surface area contributed by atoms with E-state index in [1.165, 1.54) is 23.5 Å². The quantitative estimate of drug-likeness (QED) is 0.808. The van der Waals surface area contributed by atoms with Crippen LogP contribution in [0.15, 0.2) is 36.4 Å². The van der Waals surface area contributed by atoms with E-state index < -0.39 is 6.61 Å². The first-order valence-electron chi connectivity index (χ1n) is 7.94. The zero-order chi connectivity index (χ0) is 18.0. The second-order valence-corrected chi connectivity index (χ2v) is 7.47. The number of thiophene rings is 1. The van der Waals surface area contributed by atoms with E-state index in [9.17, 15) is 18.7 Å². The average molecular weight is 367 g/mol. The van der Waals surface area contributed by atoms with Crippen LogP contribution in [-0.2, 0) is 0 Å². The summed E-state index contributed by atoms with van der Waals surface area (Å²) in [6.07, 6.45) is 1.90. The number of alkyl halides is 2. The summed E-state index contributed by atoms with van der Waals surface area (Å²) in [6.45, 7) is -2.19. The van der Waals surface area contributed by atoms with Gasteiger partial charge in [0.1, 0.15) is 5.75 Å². The summed E-state index contributed by atoms with van der Waals surface area (Å²) >= 11 is 1.35. The summed E-state index contributed by atoms with van der Waals surface area (Å²) in [5.41, 5.74) is 0.715. The first-order valence-corrected chi connectivity index (χ1v) is 8.75. The van der Waals surface area contributed by atoms with Crippen LogP contribution in [0.5, 0.6) is 5.75 Å². The number of carbonyl (C=O) groups excluding carboxylic acids is 1. The average Bonchev–Trinajstić information content (AvgIpc) is 3.19. The number of aliphatic hydroxyl groups is 1. The minimum absolute atomic E-state index is 0.0753. The van der Waals surface area contributed by atoms with Gasteiger partial charge in [0.2, 0.25) is 0 Å². The fourth-order valence-corrected chi connectivity index (χ4v) is 3.72. The van der Waals surface area contributed by atoms with Crippen LogP contribution >= 0.6 is 11.3 Å². The van der Waals surface area contributed by atoms with Gasteiger partial charge in [0.25, 0.3) is 5.91 Å². The minimum Gasteiger partial charge on any atom is -0.435 e. The smallest absolute Gasteiger partial charge is 0.387 e. The summed E-state index contributed by atoms with van der Waals surface area (Å²) in [4.78, 5) is 15.7. The normalized spacial score (nSPS) is 15.2. The first-order chi connectivity index (χ1) is 11.9. The fourth-order valence-electron chi connectivity index (χ4n) is 2.71. The summed E-state index contributed by atoms with van der Waals surface area (Å²) in [5, 5.41) is 9.40. The topological polar surface area (TPSA) is 49.8 Å². The molecule has 1 saturated carbocycles. The van der Waals surface area contributed by atoms with Gasteiger partial charge in [-0.2, -0.15) is 8.78 Å². The predicted octanol–water partition coefficient (Wildman–Crippen LogP) is 3.86. The highest BCUT2D eigenvalue weighted by atomic mass is 32.1. The molecule has 1 aliphatic carbocycles. The number of benzene rings is 1. The van der Waals surface area contributed by atoms with E-state index in [0.29, 0.717) is 11.4 Å². The van der Waals surface area contributed by atoms with Gasteiger partial charge in [-0.1, -0.05) is 0 Å². The molecule has 1 heterocycles. The SMILES string of the molecule is CN(CC1(CO)CC1)C(=O)c1ccc(-c2ccc(OC(F)F)cc2)s1. The molecule has 0 radical (unpaired) electrons. The van der Waals surface area contributed by atoms with Crippen LogP contribution in [0, 0.1) is 5.41 Å². The van der Waals surface area contributed by atoms with E-state index >= 15 is 0 Å². The van der Waals surface area contributed by atoms with Crippen LogP contribution in [0.2, 0.25) is 0 Å². The molecular formula is C18H19F2NO3S. The molecule has 1 aliphatic rings. The van der Waals surface area contributed by atoms with E-state index in [4.69, 9.17) is 0 Å². The van der Waals surface area contributed by atoms with Gasteiger partial charge < -0.3 is 14.7 Å². The van der Waals surface area contributed by atoms with E-state index in [2.05, 4.69) is 4.74 Å². The summed E-state index contributed by atoms with van der Waals surface area (Å²) in [5.74, 6) is 0.0266. The maximum Gasteiger partial charge on any atom is 0.387 e. The van der Waals surface area contributed by atoms with Crippen molar-refractivity contribution >= 4 is 17.2 Å². The number of hydrogen-bond donors (Lipinski definition) is 1. The van der Waals surface area contributed by atoms with Crippen LogP contribution in [0.3, 0.4) is 0 Å². The number of ether oxygens (including phenoxy) is 1.